The molecule has 202 valence electrons. The fourth-order valence-corrected chi connectivity index (χ4v) is 4.85. The van der Waals surface area contributed by atoms with Crippen LogP contribution in [0.2, 0.25) is 0 Å². The molecule has 0 aromatic heterocycles. The number of rotatable bonds is 7. The molecule has 0 heterocycles. The van der Waals surface area contributed by atoms with Crippen LogP contribution in [0.1, 0.15) is 79.2 Å². The first kappa shape index (κ1) is 29.1. The maximum absolute atomic E-state index is 12.8. The first-order valence-corrected chi connectivity index (χ1v) is 13.2. The summed E-state index contributed by atoms with van der Waals surface area (Å²) in [4.78, 5) is 25.5. The van der Waals surface area contributed by atoms with Gasteiger partial charge in [-0.05, 0) is 112 Å². The number of amides is 1. The van der Waals surface area contributed by atoms with Crippen molar-refractivity contribution in [2.24, 2.45) is 0 Å². The van der Waals surface area contributed by atoms with Gasteiger partial charge in [0.05, 0.1) is 11.3 Å². The van der Waals surface area contributed by atoms with E-state index in [4.69, 9.17) is 4.74 Å². The van der Waals surface area contributed by atoms with Gasteiger partial charge in [0.1, 0.15) is 0 Å². The monoisotopic (exact) mass is 515 g/mol. The summed E-state index contributed by atoms with van der Waals surface area (Å²) in [6.45, 7) is 19.5. The van der Waals surface area contributed by atoms with Gasteiger partial charge in [0.25, 0.3) is 0 Å². The van der Waals surface area contributed by atoms with Crippen molar-refractivity contribution in [3.05, 3.63) is 75.3 Å². The zero-order valence-corrected chi connectivity index (χ0v) is 24.4. The number of ether oxygens (including phenoxy) is 1. The largest absolute Gasteiger partial charge is 0.479 e. The van der Waals surface area contributed by atoms with Crippen molar-refractivity contribution < 1.29 is 19.4 Å². The number of nitrogens with one attached hydrogen (secondary N) is 1. The van der Waals surface area contributed by atoms with E-state index >= 15 is 0 Å². The van der Waals surface area contributed by atoms with Gasteiger partial charge in [-0.1, -0.05) is 43.3 Å². The number of hydrogen-bond acceptors (Lipinski definition) is 3. The van der Waals surface area contributed by atoms with Gasteiger partial charge in [-0.2, -0.15) is 0 Å². The quantitative estimate of drug-likeness (QED) is 0.333. The fraction of sp³-hybridized carbons (Fsp3) is 0.394. The van der Waals surface area contributed by atoms with Crippen LogP contribution >= 0.6 is 0 Å². The van der Waals surface area contributed by atoms with E-state index < -0.39 is 17.7 Å². The lowest BCUT2D eigenvalue weighted by Crippen LogP contribution is -2.29. The summed E-state index contributed by atoms with van der Waals surface area (Å²) in [5, 5.41) is 13.5. The molecular formula is C33H41NO4. The summed E-state index contributed by atoms with van der Waals surface area (Å²) in [6.07, 6.45) is -0.920. The second-order valence-electron chi connectivity index (χ2n) is 11.2. The Hall–Kier alpha value is -3.44. The molecule has 0 bridgehead atoms. The van der Waals surface area contributed by atoms with Gasteiger partial charge in [-0.25, -0.2) is 4.79 Å². The molecule has 5 heteroatoms. The lowest BCUT2D eigenvalue weighted by atomic mass is 9.81. The number of carbonyl (C=O) groups excluding carboxylic acids is 1. The molecule has 3 aromatic carbocycles. The Kier molecular flexibility index (Phi) is 8.52. The van der Waals surface area contributed by atoms with Crippen LogP contribution < -0.4 is 5.32 Å². The van der Waals surface area contributed by atoms with E-state index in [1.165, 1.54) is 5.56 Å². The second kappa shape index (κ2) is 11.1. The first-order chi connectivity index (χ1) is 17.7. The van der Waals surface area contributed by atoms with Gasteiger partial charge >= 0.3 is 5.97 Å². The van der Waals surface area contributed by atoms with Gasteiger partial charge < -0.3 is 15.2 Å². The van der Waals surface area contributed by atoms with Crippen LogP contribution in [-0.2, 0) is 14.3 Å². The number of aryl methyl sites for hydroxylation is 4. The third-order valence-electron chi connectivity index (χ3n) is 7.18. The summed E-state index contributed by atoms with van der Waals surface area (Å²) < 4.78 is 6.19. The van der Waals surface area contributed by atoms with Gasteiger partial charge in [-0.3, -0.25) is 4.79 Å². The highest BCUT2D eigenvalue weighted by Gasteiger charge is 2.34. The zero-order chi connectivity index (χ0) is 28.5. The predicted molar refractivity (Wildman–Crippen MR) is 156 cm³/mol. The van der Waals surface area contributed by atoms with E-state index in [9.17, 15) is 14.7 Å². The van der Waals surface area contributed by atoms with Crippen LogP contribution in [0.15, 0.2) is 36.4 Å². The highest BCUT2D eigenvalue weighted by atomic mass is 16.5. The van der Waals surface area contributed by atoms with Crippen molar-refractivity contribution in [2.75, 3.05) is 5.32 Å². The molecule has 1 unspecified atom stereocenters. The molecule has 0 saturated heterocycles. The Morgan fingerprint density at radius 3 is 1.74 bits per heavy atom. The SMILES string of the molecule is CCC(=O)Nc1c(C)c(C(OC(C)(C)C)C(=O)O)c(-c2ccc(C)c(C)c2)c(C)c1-c1ccc(C)c(C)c1. The molecule has 0 aliphatic rings. The molecule has 2 N–H and O–H groups in total. The average Bonchev–Trinajstić information content (AvgIpc) is 2.82. The minimum absolute atomic E-state index is 0.133. The molecule has 0 radical (unpaired) electrons. The minimum Gasteiger partial charge on any atom is -0.479 e. The van der Waals surface area contributed by atoms with Gasteiger partial charge in [0.2, 0.25) is 5.91 Å². The average molecular weight is 516 g/mol. The molecule has 0 fully saturated rings. The normalized spacial score (nSPS) is 12.4. The Morgan fingerprint density at radius 2 is 1.32 bits per heavy atom. The topological polar surface area (TPSA) is 75.6 Å². The first-order valence-electron chi connectivity index (χ1n) is 13.2. The molecule has 1 atom stereocenters. The van der Waals surface area contributed by atoms with Crippen LogP contribution in [0.4, 0.5) is 5.69 Å². The van der Waals surface area contributed by atoms with E-state index in [1.807, 2.05) is 40.7 Å². The highest BCUT2D eigenvalue weighted by Crippen LogP contribution is 2.47. The molecule has 0 saturated carbocycles. The van der Waals surface area contributed by atoms with Crippen LogP contribution in [0.25, 0.3) is 22.3 Å². The molecule has 38 heavy (non-hydrogen) atoms. The van der Waals surface area contributed by atoms with Crippen molar-refractivity contribution in [3.63, 3.8) is 0 Å². The third kappa shape index (κ3) is 5.99. The number of benzene rings is 3. The molecule has 0 aliphatic heterocycles. The fourth-order valence-electron chi connectivity index (χ4n) is 4.85. The number of hydrogen-bond donors (Lipinski definition) is 2. The lowest BCUT2D eigenvalue weighted by molar-refractivity contribution is -0.160. The minimum atomic E-state index is -1.23. The maximum atomic E-state index is 12.8. The smallest absolute Gasteiger partial charge is 0.337 e. The summed E-state index contributed by atoms with van der Waals surface area (Å²) in [7, 11) is 0. The summed E-state index contributed by atoms with van der Waals surface area (Å²) in [5.74, 6) is -1.20. The Labute approximate surface area is 227 Å². The predicted octanol–water partition coefficient (Wildman–Crippen LogP) is 8.16. The van der Waals surface area contributed by atoms with E-state index in [0.717, 1.165) is 44.5 Å². The lowest BCUT2D eigenvalue weighted by Gasteiger charge is -2.31. The molecular weight excluding hydrogens is 474 g/mol. The molecule has 5 nitrogen and oxygen atoms in total. The summed E-state index contributed by atoms with van der Waals surface area (Å²) in [5.41, 5.74) is 10.3. The van der Waals surface area contributed by atoms with Gasteiger partial charge in [0, 0.05) is 17.5 Å². The molecule has 0 aliphatic carbocycles. The van der Waals surface area contributed by atoms with Crippen LogP contribution in [0, 0.1) is 41.5 Å². The Morgan fingerprint density at radius 1 is 0.816 bits per heavy atom. The number of anilines is 1. The van der Waals surface area contributed by atoms with Crippen LogP contribution in [0.3, 0.4) is 0 Å². The Bertz CT molecular complexity index is 1400. The summed E-state index contributed by atoms with van der Waals surface area (Å²) >= 11 is 0. The third-order valence-corrected chi connectivity index (χ3v) is 7.18. The number of carboxylic acid groups (broad SMARTS) is 1. The van der Waals surface area contributed by atoms with Crippen LogP contribution in [-0.4, -0.2) is 22.6 Å². The van der Waals surface area contributed by atoms with E-state index in [-0.39, 0.29) is 5.91 Å². The molecule has 3 aromatic rings. The van der Waals surface area contributed by atoms with Crippen molar-refractivity contribution >= 4 is 17.6 Å². The number of aliphatic carboxylic acids is 1. The molecule has 3 rings (SSSR count). The van der Waals surface area contributed by atoms with Crippen molar-refractivity contribution in [1.82, 2.24) is 0 Å². The maximum Gasteiger partial charge on any atom is 0.337 e. The standard InChI is InChI=1S/C33H41NO4/c1-11-26(35)34-30-23(7)29(31(32(36)37)38-33(8,9)10)27(24-14-12-18(2)20(4)16-24)22(6)28(30)25-15-13-19(3)21(5)17-25/h12-17,31H,11H2,1-10H3,(H,34,35)(H,36,37). The van der Waals surface area contributed by atoms with Crippen molar-refractivity contribution in [1.29, 1.82) is 0 Å². The van der Waals surface area contributed by atoms with E-state index in [2.05, 4.69) is 63.3 Å². The number of carbonyl (C=O) groups is 2. The summed E-state index contributed by atoms with van der Waals surface area (Å²) in [6, 6.07) is 12.5. The van der Waals surface area contributed by atoms with E-state index in [0.29, 0.717) is 23.2 Å². The van der Waals surface area contributed by atoms with Gasteiger partial charge in [0.15, 0.2) is 6.10 Å². The zero-order valence-electron chi connectivity index (χ0n) is 24.4. The van der Waals surface area contributed by atoms with Gasteiger partial charge in [-0.15, -0.1) is 0 Å². The Balaban J connectivity index is 2.56. The van der Waals surface area contributed by atoms with Crippen molar-refractivity contribution in [3.8, 4) is 22.3 Å². The van der Waals surface area contributed by atoms with E-state index in [1.54, 1.807) is 6.92 Å². The second-order valence-corrected chi connectivity index (χ2v) is 11.2. The van der Waals surface area contributed by atoms with Crippen molar-refractivity contribution in [2.45, 2.75) is 87.4 Å². The molecule has 1 amide bonds. The molecule has 0 spiro atoms. The number of carboxylic acids is 1. The highest BCUT2D eigenvalue weighted by molar-refractivity contribution is 6.01. The van der Waals surface area contributed by atoms with Crippen LogP contribution in [0.5, 0.6) is 0 Å².